The van der Waals surface area contributed by atoms with Gasteiger partial charge >= 0.3 is 0 Å². The molecule has 0 bridgehead atoms. The second-order valence-corrected chi connectivity index (χ2v) is 5.47. The van der Waals surface area contributed by atoms with Crippen molar-refractivity contribution in [1.82, 2.24) is 0 Å². The molecule has 1 heterocycles. The Morgan fingerprint density at radius 1 is 1.13 bits per heavy atom. The van der Waals surface area contributed by atoms with Crippen LogP contribution in [0.25, 0.3) is 0 Å². The van der Waals surface area contributed by atoms with Gasteiger partial charge in [-0.05, 0) is 31.1 Å². The van der Waals surface area contributed by atoms with E-state index in [4.69, 9.17) is 9.47 Å². The summed E-state index contributed by atoms with van der Waals surface area (Å²) in [7, 11) is 0. The number of rotatable bonds is 0. The molecule has 1 saturated carbocycles. The monoisotopic (exact) mass is 208 g/mol. The van der Waals surface area contributed by atoms with E-state index in [0.29, 0.717) is 5.41 Å². The molecule has 0 unspecified atom stereocenters. The van der Waals surface area contributed by atoms with E-state index in [9.17, 15) is 0 Å². The average Bonchev–Trinajstić information content (AvgIpc) is 2.68. The average molecular weight is 208 g/mol. The van der Waals surface area contributed by atoms with Gasteiger partial charge < -0.3 is 9.47 Å². The molecule has 3 aliphatic rings. The van der Waals surface area contributed by atoms with Crippen LogP contribution < -0.4 is 0 Å². The molecule has 0 amide bonds. The van der Waals surface area contributed by atoms with Gasteiger partial charge in [-0.25, -0.2) is 0 Å². The Morgan fingerprint density at radius 3 is 2.73 bits per heavy atom. The fourth-order valence-electron chi connectivity index (χ4n) is 3.33. The van der Waals surface area contributed by atoms with E-state index in [-0.39, 0.29) is 5.79 Å². The van der Waals surface area contributed by atoms with Gasteiger partial charge in [0.2, 0.25) is 0 Å². The molecule has 2 fully saturated rings. The topological polar surface area (TPSA) is 18.5 Å². The Labute approximate surface area is 91.6 Å². The number of allylic oxidation sites excluding steroid dienone is 1. The molecule has 15 heavy (non-hydrogen) atoms. The van der Waals surface area contributed by atoms with E-state index >= 15 is 0 Å². The van der Waals surface area contributed by atoms with Crippen LogP contribution in [0.3, 0.4) is 0 Å². The number of hydrogen-bond acceptors (Lipinski definition) is 2. The van der Waals surface area contributed by atoms with E-state index in [1.807, 2.05) is 0 Å². The quantitative estimate of drug-likeness (QED) is 0.570. The zero-order valence-electron chi connectivity index (χ0n) is 9.55. The molecule has 2 heteroatoms. The lowest BCUT2D eigenvalue weighted by atomic mass is 9.64. The summed E-state index contributed by atoms with van der Waals surface area (Å²) in [6, 6.07) is 0. The van der Waals surface area contributed by atoms with Crippen LogP contribution in [0.2, 0.25) is 0 Å². The van der Waals surface area contributed by atoms with Crippen molar-refractivity contribution in [2.45, 2.75) is 51.2 Å². The second kappa shape index (κ2) is 3.33. The summed E-state index contributed by atoms with van der Waals surface area (Å²) in [5, 5.41) is 0. The van der Waals surface area contributed by atoms with Gasteiger partial charge in [-0.2, -0.15) is 0 Å². The van der Waals surface area contributed by atoms with Crippen LogP contribution >= 0.6 is 0 Å². The molecule has 1 saturated heterocycles. The number of ether oxygens (including phenoxy) is 2. The normalized spacial score (nSPS) is 38.9. The van der Waals surface area contributed by atoms with E-state index in [1.165, 1.54) is 25.7 Å². The maximum atomic E-state index is 5.81. The second-order valence-electron chi connectivity index (χ2n) is 5.47. The van der Waals surface area contributed by atoms with Crippen LogP contribution in [0, 0.1) is 5.41 Å². The van der Waals surface area contributed by atoms with E-state index < -0.39 is 0 Å². The molecule has 0 radical (unpaired) electrons. The molecule has 2 aliphatic carbocycles. The summed E-state index contributed by atoms with van der Waals surface area (Å²) < 4.78 is 11.6. The van der Waals surface area contributed by atoms with E-state index in [2.05, 4.69) is 13.0 Å². The Bertz CT molecular complexity index is 289. The molecule has 0 aromatic heterocycles. The van der Waals surface area contributed by atoms with Crippen LogP contribution in [-0.2, 0) is 9.47 Å². The molecule has 0 N–H and O–H groups in total. The first-order chi connectivity index (χ1) is 7.23. The Morgan fingerprint density at radius 2 is 1.93 bits per heavy atom. The molecule has 0 aromatic rings. The zero-order valence-corrected chi connectivity index (χ0v) is 9.55. The fourth-order valence-corrected chi connectivity index (χ4v) is 3.33. The van der Waals surface area contributed by atoms with Crippen LogP contribution in [0.5, 0.6) is 0 Å². The van der Waals surface area contributed by atoms with Gasteiger partial charge in [0.1, 0.15) is 0 Å². The maximum Gasteiger partial charge on any atom is 0.172 e. The predicted molar refractivity (Wildman–Crippen MR) is 58.5 cm³/mol. The van der Waals surface area contributed by atoms with Gasteiger partial charge in [-0.3, -0.25) is 0 Å². The Kier molecular flexibility index (Phi) is 2.18. The summed E-state index contributed by atoms with van der Waals surface area (Å²) in [4.78, 5) is 0. The number of hydrogen-bond donors (Lipinski definition) is 0. The molecule has 1 atom stereocenters. The Hall–Kier alpha value is -0.340. The van der Waals surface area contributed by atoms with Gasteiger partial charge in [0.15, 0.2) is 5.79 Å². The van der Waals surface area contributed by atoms with Gasteiger partial charge in [-0.15, -0.1) is 0 Å². The predicted octanol–water partition coefficient (Wildman–Crippen LogP) is 3.03. The fraction of sp³-hybridized carbons (Fsp3) is 0.846. The van der Waals surface area contributed by atoms with Gasteiger partial charge in [0.05, 0.1) is 13.2 Å². The van der Waals surface area contributed by atoms with Gasteiger partial charge in [0.25, 0.3) is 0 Å². The standard InChI is InChI=1S/C13H20O2/c1-12-5-3-2-4-11(12)10-13(7-6-12)14-8-9-15-13/h4H,2-3,5-10H2,1H3/t12-/m0/s1. The van der Waals surface area contributed by atoms with Crippen molar-refractivity contribution in [2.24, 2.45) is 5.41 Å². The van der Waals surface area contributed by atoms with Crippen molar-refractivity contribution in [3.63, 3.8) is 0 Å². The summed E-state index contributed by atoms with van der Waals surface area (Å²) in [5.41, 5.74) is 2.06. The van der Waals surface area contributed by atoms with Crippen molar-refractivity contribution in [3.05, 3.63) is 11.6 Å². The minimum Gasteiger partial charge on any atom is -0.347 e. The van der Waals surface area contributed by atoms with Crippen LogP contribution in [0.4, 0.5) is 0 Å². The van der Waals surface area contributed by atoms with E-state index in [1.54, 1.807) is 5.57 Å². The highest BCUT2D eigenvalue weighted by atomic mass is 16.7. The van der Waals surface area contributed by atoms with Crippen LogP contribution in [0.1, 0.15) is 45.4 Å². The first kappa shape index (κ1) is 9.86. The summed E-state index contributed by atoms with van der Waals surface area (Å²) >= 11 is 0. The highest BCUT2D eigenvalue weighted by Crippen LogP contribution is 2.52. The largest absolute Gasteiger partial charge is 0.347 e. The molecule has 3 rings (SSSR count). The SMILES string of the molecule is C[C@@]12CCCC=C1CC1(CC2)OCCO1. The lowest BCUT2D eigenvalue weighted by molar-refractivity contribution is -0.177. The van der Waals surface area contributed by atoms with Crippen molar-refractivity contribution in [1.29, 1.82) is 0 Å². The lowest BCUT2D eigenvalue weighted by Crippen LogP contribution is -2.41. The van der Waals surface area contributed by atoms with Gasteiger partial charge in [-0.1, -0.05) is 18.6 Å². The Balaban J connectivity index is 1.85. The van der Waals surface area contributed by atoms with Gasteiger partial charge in [0, 0.05) is 12.8 Å². The number of fused-ring (bicyclic) bond motifs is 1. The highest BCUT2D eigenvalue weighted by molar-refractivity contribution is 5.21. The molecule has 84 valence electrons. The first-order valence-corrected chi connectivity index (χ1v) is 6.20. The minimum atomic E-state index is -0.233. The third kappa shape index (κ3) is 1.55. The van der Waals surface area contributed by atoms with Crippen LogP contribution in [-0.4, -0.2) is 19.0 Å². The van der Waals surface area contributed by atoms with Crippen molar-refractivity contribution in [3.8, 4) is 0 Å². The summed E-state index contributed by atoms with van der Waals surface area (Å²) in [6.07, 6.45) is 9.74. The molecule has 0 aromatic carbocycles. The maximum absolute atomic E-state index is 5.81. The summed E-state index contributed by atoms with van der Waals surface area (Å²) in [5.74, 6) is -0.233. The van der Waals surface area contributed by atoms with Crippen molar-refractivity contribution in [2.75, 3.05) is 13.2 Å². The van der Waals surface area contributed by atoms with Crippen LogP contribution in [0.15, 0.2) is 11.6 Å². The highest BCUT2D eigenvalue weighted by Gasteiger charge is 2.47. The smallest absolute Gasteiger partial charge is 0.172 e. The summed E-state index contributed by atoms with van der Waals surface area (Å²) in [6.45, 7) is 3.98. The minimum absolute atomic E-state index is 0.233. The zero-order chi connectivity index (χ0) is 10.4. The third-order valence-corrected chi connectivity index (χ3v) is 4.43. The molecule has 1 spiro atoms. The third-order valence-electron chi connectivity index (χ3n) is 4.43. The van der Waals surface area contributed by atoms with Crippen molar-refractivity contribution >= 4 is 0 Å². The molecule has 2 nitrogen and oxygen atoms in total. The molecule has 1 aliphatic heterocycles. The molecular weight excluding hydrogens is 188 g/mol. The lowest BCUT2D eigenvalue weighted by Gasteiger charge is -2.45. The van der Waals surface area contributed by atoms with E-state index in [0.717, 1.165) is 26.1 Å². The first-order valence-electron chi connectivity index (χ1n) is 6.20. The van der Waals surface area contributed by atoms with Crippen molar-refractivity contribution < 1.29 is 9.47 Å². The molecular formula is C13H20O2.